The van der Waals surface area contributed by atoms with E-state index < -0.39 is 0 Å². The van der Waals surface area contributed by atoms with Gasteiger partial charge in [0.1, 0.15) is 7.28 Å². The number of rotatable bonds is 0. The SMILES string of the molecule is [B]1CC=C2C=CC=CC12. The second-order valence-corrected chi connectivity index (χ2v) is 2.45. The Kier molecular flexibility index (Phi) is 1.08. The fourth-order valence-corrected chi connectivity index (χ4v) is 1.34. The summed E-state index contributed by atoms with van der Waals surface area (Å²) in [7, 11) is 2.33. The van der Waals surface area contributed by atoms with Gasteiger partial charge in [-0.2, -0.15) is 0 Å². The van der Waals surface area contributed by atoms with Crippen LogP contribution in [0.4, 0.5) is 0 Å². The van der Waals surface area contributed by atoms with E-state index in [9.17, 15) is 0 Å². The van der Waals surface area contributed by atoms with Crippen molar-refractivity contribution in [1.82, 2.24) is 0 Å². The van der Waals surface area contributed by atoms with E-state index in [0.29, 0.717) is 5.82 Å². The summed E-state index contributed by atoms with van der Waals surface area (Å²) in [5.74, 6) is 0.634. The second-order valence-electron chi connectivity index (χ2n) is 2.45. The lowest BCUT2D eigenvalue weighted by Crippen LogP contribution is -1.95. The highest BCUT2D eigenvalue weighted by Crippen LogP contribution is 2.29. The smallest absolute Gasteiger partial charge is 0.0892 e. The van der Waals surface area contributed by atoms with E-state index in [0.717, 1.165) is 6.32 Å². The average Bonchev–Trinajstić information content (AvgIpc) is 2.33. The highest BCUT2D eigenvalue weighted by Gasteiger charge is 2.15. The first kappa shape index (κ1) is 5.10. The van der Waals surface area contributed by atoms with Crippen LogP contribution < -0.4 is 0 Å². The van der Waals surface area contributed by atoms with Crippen LogP contribution in [0.2, 0.25) is 12.1 Å². The van der Waals surface area contributed by atoms with Gasteiger partial charge in [-0.25, -0.2) is 0 Å². The zero-order chi connectivity index (χ0) is 6.10. The molecule has 1 heteroatoms. The van der Waals surface area contributed by atoms with Gasteiger partial charge in [0, 0.05) is 0 Å². The molecule has 1 unspecified atom stereocenters. The van der Waals surface area contributed by atoms with Crippen molar-refractivity contribution < 1.29 is 0 Å². The Morgan fingerprint density at radius 3 is 3.33 bits per heavy atom. The third-order valence-electron chi connectivity index (χ3n) is 1.85. The van der Waals surface area contributed by atoms with E-state index in [1.54, 1.807) is 0 Å². The first-order chi connectivity index (χ1) is 4.47. The summed E-state index contributed by atoms with van der Waals surface area (Å²) < 4.78 is 0. The van der Waals surface area contributed by atoms with Gasteiger partial charge in [-0.15, -0.1) is 0 Å². The maximum atomic E-state index is 2.33. The second kappa shape index (κ2) is 1.91. The van der Waals surface area contributed by atoms with Gasteiger partial charge in [-0.3, -0.25) is 0 Å². The maximum absolute atomic E-state index is 2.33. The minimum Gasteiger partial charge on any atom is -0.0892 e. The Balaban J connectivity index is 2.33. The van der Waals surface area contributed by atoms with Crippen LogP contribution in [-0.2, 0) is 0 Å². The van der Waals surface area contributed by atoms with Crippen molar-refractivity contribution in [3.05, 3.63) is 36.0 Å². The summed E-state index contributed by atoms with van der Waals surface area (Å²) in [6.07, 6.45) is 12.1. The van der Waals surface area contributed by atoms with Gasteiger partial charge < -0.3 is 0 Å². The van der Waals surface area contributed by atoms with E-state index in [4.69, 9.17) is 0 Å². The van der Waals surface area contributed by atoms with E-state index in [1.807, 2.05) is 0 Å². The molecule has 0 saturated heterocycles. The zero-order valence-electron chi connectivity index (χ0n) is 5.25. The van der Waals surface area contributed by atoms with Crippen LogP contribution in [0.5, 0.6) is 0 Å². The van der Waals surface area contributed by atoms with Gasteiger partial charge in [0.2, 0.25) is 0 Å². The first-order valence-electron chi connectivity index (χ1n) is 3.35. The molecule has 9 heavy (non-hydrogen) atoms. The van der Waals surface area contributed by atoms with Crippen molar-refractivity contribution in [3.63, 3.8) is 0 Å². The average molecular weight is 115 g/mol. The summed E-state index contributed by atoms with van der Waals surface area (Å²) in [6, 6.07) is 0. The lowest BCUT2D eigenvalue weighted by molar-refractivity contribution is 1.26. The van der Waals surface area contributed by atoms with Gasteiger partial charge in [0.05, 0.1) is 0 Å². The molecule has 0 N–H and O–H groups in total. The molecule has 0 nitrogen and oxygen atoms in total. The van der Waals surface area contributed by atoms with Crippen LogP contribution in [0.15, 0.2) is 36.0 Å². The molecule has 1 aliphatic carbocycles. The monoisotopic (exact) mass is 115 g/mol. The predicted octanol–water partition coefficient (Wildman–Crippen LogP) is 1.96. The molecule has 0 fully saturated rings. The predicted molar refractivity (Wildman–Crippen MR) is 40.7 cm³/mol. The number of fused-ring (bicyclic) bond motifs is 1. The Hall–Kier alpha value is -0.715. The van der Waals surface area contributed by atoms with Crippen molar-refractivity contribution in [2.75, 3.05) is 0 Å². The Morgan fingerprint density at radius 2 is 2.44 bits per heavy atom. The Bertz CT molecular complexity index is 196. The largest absolute Gasteiger partial charge is 0.129 e. The third kappa shape index (κ3) is 0.767. The maximum Gasteiger partial charge on any atom is 0.129 e. The van der Waals surface area contributed by atoms with E-state index in [-0.39, 0.29) is 0 Å². The third-order valence-corrected chi connectivity index (χ3v) is 1.85. The number of hydrogen-bond acceptors (Lipinski definition) is 0. The highest BCUT2D eigenvalue weighted by molar-refractivity contribution is 6.42. The summed E-state index contributed by atoms with van der Waals surface area (Å²) in [5.41, 5.74) is 1.47. The van der Waals surface area contributed by atoms with E-state index in [2.05, 4.69) is 37.7 Å². The topological polar surface area (TPSA) is 0 Å². The zero-order valence-corrected chi connectivity index (χ0v) is 5.25. The molecular formula is C8H8B. The molecule has 0 spiro atoms. The van der Waals surface area contributed by atoms with Crippen LogP contribution in [0.25, 0.3) is 0 Å². The molecule has 1 aliphatic heterocycles. The first-order valence-corrected chi connectivity index (χ1v) is 3.35. The summed E-state index contributed by atoms with van der Waals surface area (Å²) in [6.45, 7) is 0. The molecule has 0 aromatic heterocycles. The normalized spacial score (nSPS) is 29.3. The Morgan fingerprint density at radius 1 is 1.44 bits per heavy atom. The minimum absolute atomic E-state index is 0.634. The highest BCUT2D eigenvalue weighted by atomic mass is 14.1. The molecule has 2 rings (SSSR count). The molecular weight excluding hydrogens is 107 g/mol. The summed E-state index contributed by atoms with van der Waals surface area (Å²) >= 11 is 0. The lowest BCUT2D eigenvalue weighted by atomic mass is 9.64. The lowest BCUT2D eigenvalue weighted by Gasteiger charge is -2.07. The van der Waals surface area contributed by atoms with Gasteiger partial charge in [0.15, 0.2) is 0 Å². The standard InChI is InChI=1S/C8H8B/c1-2-4-8-7(3-1)5-6-9-8/h1-5,8H,6H2. The molecule has 43 valence electrons. The summed E-state index contributed by atoms with van der Waals surface area (Å²) in [4.78, 5) is 0. The Labute approximate surface area is 56.2 Å². The van der Waals surface area contributed by atoms with Crippen molar-refractivity contribution in [2.45, 2.75) is 12.1 Å². The van der Waals surface area contributed by atoms with Gasteiger partial charge in [0.25, 0.3) is 0 Å². The van der Waals surface area contributed by atoms with Crippen LogP contribution in [0.3, 0.4) is 0 Å². The molecule has 0 aromatic carbocycles. The number of hydrogen-bond donors (Lipinski definition) is 0. The minimum atomic E-state index is 0.634. The van der Waals surface area contributed by atoms with Crippen LogP contribution in [0.1, 0.15) is 0 Å². The van der Waals surface area contributed by atoms with Gasteiger partial charge in [-0.05, 0) is 5.82 Å². The van der Waals surface area contributed by atoms with Crippen molar-refractivity contribution >= 4 is 7.28 Å². The molecule has 0 amide bonds. The summed E-state index contributed by atoms with van der Waals surface area (Å²) in [5, 5.41) is 0. The van der Waals surface area contributed by atoms with Crippen molar-refractivity contribution in [1.29, 1.82) is 0 Å². The molecule has 0 bridgehead atoms. The molecule has 0 saturated carbocycles. The fraction of sp³-hybridized carbons (Fsp3) is 0.250. The van der Waals surface area contributed by atoms with Gasteiger partial charge >= 0.3 is 0 Å². The quantitative estimate of drug-likeness (QED) is 0.423. The molecule has 1 radical (unpaired) electrons. The van der Waals surface area contributed by atoms with Crippen LogP contribution >= 0.6 is 0 Å². The molecule has 2 aliphatic rings. The van der Waals surface area contributed by atoms with Crippen molar-refractivity contribution in [2.24, 2.45) is 0 Å². The van der Waals surface area contributed by atoms with Crippen LogP contribution in [0, 0.1) is 0 Å². The number of allylic oxidation sites excluding steroid dienone is 6. The van der Waals surface area contributed by atoms with E-state index >= 15 is 0 Å². The molecule has 1 atom stereocenters. The molecule has 0 aromatic rings. The fourth-order valence-electron chi connectivity index (χ4n) is 1.34. The van der Waals surface area contributed by atoms with Gasteiger partial charge in [-0.1, -0.05) is 42.3 Å². The van der Waals surface area contributed by atoms with Crippen molar-refractivity contribution in [3.8, 4) is 0 Å². The van der Waals surface area contributed by atoms with Crippen LogP contribution in [-0.4, -0.2) is 7.28 Å². The van der Waals surface area contributed by atoms with E-state index in [1.165, 1.54) is 5.57 Å². The molecule has 1 heterocycles.